The summed E-state index contributed by atoms with van der Waals surface area (Å²) < 4.78 is 22.2. The van der Waals surface area contributed by atoms with Crippen LogP contribution in [0.5, 0.6) is 0 Å². The Morgan fingerprint density at radius 3 is 2.80 bits per heavy atom. The molecule has 1 amide bonds. The molecule has 84 valence electrons. The lowest BCUT2D eigenvalue weighted by Gasteiger charge is -2.13. The van der Waals surface area contributed by atoms with Crippen LogP contribution in [0.1, 0.15) is 19.8 Å². The van der Waals surface area contributed by atoms with Crippen molar-refractivity contribution >= 4 is 15.7 Å². The lowest BCUT2D eigenvalue weighted by Crippen LogP contribution is -2.37. The third-order valence-electron chi connectivity index (χ3n) is 2.39. The SMILES string of the molecule is CC(CC#N)NC(=O)C1CCS(=O)(=O)C1. The molecule has 1 heterocycles. The number of carbonyl (C=O) groups excluding carboxylic acids is 1. The summed E-state index contributed by atoms with van der Waals surface area (Å²) in [5.41, 5.74) is 0. The Hall–Kier alpha value is -1.09. The van der Waals surface area contributed by atoms with Crippen LogP contribution in [-0.2, 0) is 14.6 Å². The van der Waals surface area contributed by atoms with Crippen molar-refractivity contribution in [3.63, 3.8) is 0 Å². The zero-order valence-electron chi connectivity index (χ0n) is 8.56. The minimum atomic E-state index is -3.01. The number of amides is 1. The van der Waals surface area contributed by atoms with Crippen LogP contribution in [-0.4, -0.2) is 31.9 Å². The van der Waals surface area contributed by atoms with Crippen LogP contribution in [0, 0.1) is 17.2 Å². The molecule has 0 spiro atoms. The van der Waals surface area contributed by atoms with Gasteiger partial charge in [-0.1, -0.05) is 0 Å². The quantitative estimate of drug-likeness (QED) is 0.729. The van der Waals surface area contributed by atoms with Crippen LogP contribution in [0.4, 0.5) is 0 Å². The van der Waals surface area contributed by atoms with Crippen molar-refractivity contribution < 1.29 is 13.2 Å². The minimum absolute atomic E-state index is 0.0574. The fourth-order valence-electron chi connectivity index (χ4n) is 1.55. The van der Waals surface area contributed by atoms with E-state index in [2.05, 4.69) is 5.32 Å². The van der Waals surface area contributed by atoms with Gasteiger partial charge in [-0.25, -0.2) is 8.42 Å². The zero-order chi connectivity index (χ0) is 11.5. The summed E-state index contributed by atoms with van der Waals surface area (Å²) in [5.74, 6) is -0.648. The third kappa shape index (κ3) is 3.51. The molecule has 5 nitrogen and oxygen atoms in total. The second-order valence-corrected chi connectivity index (χ2v) is 6.10. The van der Waals surface area contributed by atoms with Gasteiger partial charge in [0, 0.05) is 6.04 Å². The molecule has 1 rings (SSSR count). The predicted molar refractivity (Wildman–Crippen MR) is 54.6 cm³/mol. The van der Waals surface area contributed by atoms with Gasteiger partial charge in [-0.05, 0) is 13.3 Å². The topological polar surface area (TPSA) is 87.0 Å². The second kappa shape index (κ2) is 4.62. The molecule has 6 heteroatoms. The van der Waals surface area contributed by atoms with Gasteiger partial charge in [-0.15, -0.1) is 0 Å². The molecule has 0 aliphatic carbocycles. The van der Waals surface area contributed by atoms with Gasteiger partial charge in [0.25, 0.3) is 0 Å². The maximum atomic E-state index is 11.5. The van der Waals surface area contributed by atoms with E-state index in [-0.39, 0.29) is 29.9 Å². The monoisotopic (exact) mass is 230 g/mol. The molecule has 0 radical (unpaired) electrons. The van der Waals surface area contributed by atoms with E-state index < -0.39 is 15.8 Å². The summed E-state index contributed by atoms with van der Waals surface area (Å²) >= 11 is 0. The molecule has 0 aromatic rings. The van der Waals surface area contributed by atoms with E-state index in [1.165, 1.54) is 0 Å². The molecule has 2 unspecified atom stereocenters. The normalized spacial score (nSPS) is 25.5. The Morgan fingerprint density at radius 2 is 2.33 bits per heavy atom. The largest absolute Gasteiger partial charge is 0.352 e. The maximum absolute atomic E-state index is 11.5. The highest BCUT2D eigenvalue weighted by Gasteiger charge is 2.33. The lowest BCUT2D eigenvalue weighted by molar-refractivity contribution is -0.124. The number of carbonyl (C=O) groups is 1. The molecular formula is C9H14N2O3S. The number of hydrogen-bond acceptors (Lipinski definition) is 4. The molecule has 1 saturated heterocycles. The first-order valence-corrected chi connectivity index (χ1v) is 6.64. The molecule has 0 aromatic carbocycles. The Balaban J connectivity index is 2.46. The van der Waals surface area contributed by atoms with Gasteiger partial charge in [-0.2, -0.15) is 5.26 Å². The van der Waals surface area contributed by atoms with Crippen molar-refractivity contribution in [3.8, 4) is 6.07 Å². The third-order valence-corrected chi connectivity index (χ3v) is 4.16. The average Bonchev–Trinajstić information content (AvgIpc) is 2.46. The number of nitriles is 1. The number of nitrogens with zero attached hydrogens (tertiary/aromatic N) is 1. The summed E-state index contributed by atoms with van der Waals surface area (Å²) in [6.45, 7) is 1.73. The van der Waals surface area contributed by atoms with Crippen LogP contribution in [0.2, 0.25) is 0 Å². The molecule has 0 bridgehead atoms. The average molecular weight is 230 g/mol. The predicted octanol–water partition coefficient (Wildman–Crippen LogP) is -0.161. The van der Waals surface area contributed by atoms with Gasteiger partial charge in [0.15, 0.2) is 9.84 Å². The first kappa shape index (κ1) is 12.0. The van der Waals surface area contributed by atoms with E-state index in [0.717, 1.165) is 0 Å². The Kier molecular flexibility index (Phi) is 3.69. The van der Waals surface area contributed by atoms with E-state index in [1.807, 2.05) is 6.07 Å². The van der Waals surface area contributed by atoms with Crippen molar-refractivity contribution in [2.45, 2.75) is 25.8 Å². The van der Waals surface area contributed by atoms with Gasteiger partial charge < -0.3 is 5.32 Å². The Bertz CT molecular complexity index is 383. The van der Waals surface area contributed by atoms with E-state index in [1.54, 1.807) is 6.92 Å². The van der Waals surface area contributed by atoms with Gasteiger partial charge >= 0.3 is 0 Å². The van der Waals surface area contributed by atoms with E-state index in [0.29, 0.717) is 6.42 Å². The minimum Gasteiger partial charge on any atom is -0.352 e. The summed E-state index contributed by atoms with van der Waals surface area (Å²) in [6.07, 6.45) is 0.638. The van der Waals surface area contributed by atoms with Gasteiger partial charge in [0.2, 0.25) is 5.91 Å². The van der Waals surface area contributed by atoms with E-state index >= 15 is 0 Å². The summed E-state index contributed by atoms with van der Waals surface area (Å²) in [4.78, 5) is 11.5. The fraction of sp³-hybridized carbons (Fsp3) is 0.778. The van der Waals surface area contributed by atoms with Crippen LogP contribution in [0.25, 0.3) is 0 Å². The highest BCUT2D eigenvalue weighted by Crippen LogP contribution is 2.18. The Morgan fingerprint density at radius 1 is 1.67 bits per heavy atom. The van der Waals surface area contributed by atoms with Crippen LogP contribution >= 0.6 is 0 Å². The fourth-order valence-corrected chi connectivity index (χ4v) is 3.29. The zero-order valence-corrected chi connectivity index (χ0v) is 9.38. The van der Waals surface area contributed by atoms with Gasteiger partial charge in [0.05, 0.1) is 29.9 Å². The van der Waals surface area contributed by atoms with Crippen molar-refractivity contribution in [2.24, 2.45) is 5.92 Å². The molecule has 0 aromatic heterocycles. The van der Waals surface area contributed by atoms with Crippen LogP contribution in [0.15, 0.2) is 0 Å². The summed E-state index contributed by atoms with van der Waals surface area (Å²) in [6, 6.07) is 1.73. The van der Waals surface area contributed by atoms with Crippen molar-refractivity contribution in [1.82, 2.24) is 5.32 Å². The van der Waals surface area contributed by atoms with Crippen molar-refractivity contribution in [1.29, 1.82) is 5.26 Å². The van der Waals surface area contributed by atoms with Crippen LogP contribution < -0.4 is 5.32 Å². The standard InChI is InChI=1S/C9H14N2O3S/c1-7(2-4-10)11-9(12)8-3-5-15(13,14)6-8/h7-8H,2-3,5-6H2,1H3,(H,11,12). The summed E-state index contributed by atoms with van der Waals surface area (Å²) in [5, 5.41) is 11.0. The molecule has 0 saturated carbocycles. The molecule has 15 heavy (non-hydrogen) atoms. The van der Waals surface area contributed by atoms with E-state index in [9.17, 15) is 13.2 Å². The molecule has 2 atom stereocenters. The molecular weight excluding hydrogens is 216 g/mol. The highest BCUT2D eigenvalue weighted by atomic mass is 32.2. The smallest absolute Gasteiger partial charge is 0.224 e. The number of nitrogens with one attached hydrogen (secondary N) is 1. The molecule has 1 aliphatic rings. The van der Waals surface area contributed by atoms with Crippen LogP contribution in [0.3, 0.4) is 0 Å². The molecule has 1 N–H and O–H groups in total. The Labute approximate surface area is 89.4 Å². The summed E-state index contributed by atoms with van der Waals surface area (Å²) in [7, 11) is -3.01. The van der Waals surface area contributed by atoms with Gasteiger partial charge in [-0.3, -0.25) is 4.79 Å². The number of hydrogen-bond donors (Lipinski definition) is 1. The lowest BCUT2D eigenvalue weighted by atomic mass is 10.1. The van der Waals surface area contributed by atoms with Crippen molar-refractivity contribution in [3.05, 3.63) is 0 Å². The number of rotatable bonds is 3. The first-order chi connectivity index (χ1) is 6.94. The molecule has 1 fully saturated rings. The van der Waals surface area contributed by atoms with Gasteiger partial charge in [0.1, 0.15) is 0 Å². The molecule has 1 aliphatic heterocycles. The highest BCUT2D eigenvalue weighted by molar-refractivity contribution is 7.91. The maximum Gasteiger partial charge on any atom is 0.224 e. The second-order valence-electron chi connectivity index (χ2n) is 3.87. The first-order valence-electron chi connectivity index (χ1n) is 4.82. The van der Waals surface area contributed by atoms with Crippen molar-refractivity contribution in [2.75, 3.05) is 11.5 Å². The number of sulfone groups is 1. The van der Waals surface area contributed by atoms with E-state index in [4.69, 9.17) is 5.26 Å².